The van der Waals surface area contributed by atoms with Crippen molar-refractivity contribution in [2.75, 3.05) is 7.11 Å². The van der Waals surface area contributed by atoms with Crippen LogP contribution in [0.2, 0.25) is 0 Å². The highest BCUT2D eigenvalue weighted by molar-refractivity contribution is 7.12. The van der Waals surface area contributed by atoms with Gasteiger partial charge in [-0.15, -0.1) is 11.3 Å². The Morgan fingerprint density at radius 2 is 2.23 bits per heavy atom. The molecule has 0 bridgehead atoms. The molecule has 13 heavy (non-hydrogen) atoms. The normalized spacial score (nSPS) is 10.1. The maximum Gasteiger partial charge on any atom is 0.305 e. The molecule has 72 valence electrons. The summed E-state index contributed by atoms with van der Waals surface area (Å²) in [6.07, 6.45) is 1.29. The molecule has 0 aliphatic carbocycles. The van der Waals surface area contributed by atoms with Crippen LogP contribution in [0.15, 0.2) is 6.07 Å². The number of carbonyl (C=O) groups is 1. The maximum atomic E-state index is 10.9. The van der Waals surface area contributed by atoms with Gasteiger partial charge >= 0.3 is 5.97 Å². The fourth-order valence-electron chi connectivity index (χ4n) is 1.26. The molecule has 0 aromatic carbocycles. The molecule has 1 rings (SSSR count). The number of ether oxygens (including phenoxy) is 1. The molecule has 0 N–H and O–H groups in total. The summed E-state index contributed by atoms with van der Waals surface area (Å²) in [6, 6.07) is 2.15. The fourth-order valence-corrected chi connectivity index (χ4v) is 2.30. The molecule has 0 fully saturated rings. The van der Waals surface area contributed by atoms with E-state index in [0.29, 0.717) is 6.42 Å². The van der Waals surface area contributed by atoms with Crippen molar-refractivity contribution in [3.63, 3.8) is 0 Å². The molecule has 0 aliphatic heterocycles. The van der Waals surface area contributed by atoms with E-state index in [1.165, 1.54) is 22.4 Å². The van der Waals surface area contributed by atoms with Crippen molar-refractivity contribution < 1.29 is 9.53 Å². The van der Waals surface area contributed by atoms with Crippen molar-refractivity contribution in [1.29, 1.82) is 0 Å². The molecule has 0 aliphatic rings. The number of thiophene rings is 1. The van der Waals surface area contributed by atoms with E-state index in [1.54, 1.807) is 11.3 Å². The second-order valence-electron chi connectivity index (χ2n) is 3.04. The Morgan fingerprint density at radius 1 is 1.54 bits per heavy atom. The first-order valence-corrected chi connectivity index (χ1v) is 5.08. The summed E-state index contributed by atoms with van der Waals surface area (Å²) in [5.74, 6) is -0.134. The molecule has 3 heteroatoms. The van der Waals surface area contributed by atoms with Crippen LogP contribution in [0.3, 0.4) is 0 Å². The average molecular weight is 198 g/mol. The highest BCUT2D eigenvalue weighted by atomic mass is 32.1. The van der Waals surface area contributed by atoms with Crippen molar-refractivity contribution in [3.8, 4) is 0 Å². The van der Waals surface area contributed by atoms with Crippen molar-refractivity contribution >= 4 is 17.3 Å². The van der Waals surface area contributed by atoms with Crippen LogP contribution in [-0.2, 0) is 16.0 Å². The standard InChI is InChI=1S/C10H14O2S/c1-7-6-8(2)13-9(7)4-5-10(11)12-3/h6H,4-5H2,1-3H3. The monoisotopic (exact) mass is 198 g/mol. The molecule has 0 saturated heterocycles. The topological polar surface area (TPSA) is 26.3 Å². The van der Waals surface area contributed by atoms with Crippen molar-refractivity contribution in [1.82, 2.24) is 0 Å². The zero-order valence-electron chi connectivity index (χ0n) is 8.22. The first kappa shape index (κ1) is 10.3. The average Bonchev–Trinajstić information content (AvgIpc) is 2.41. The second-order valence-corrected chi connectivity index (χ2v) is 4.38. The van der Waals surface area contributed by atoms with Gasteiger partial charge in [0.05, 0.1) is 13.5 Å². The quantitative estimate of drug-likeness (QED) is 0.697. The minimum Gasteiger partial charge on any atom is -0.469 e. The first-order valence-electron chi connectivity index (χ1n) is 4.26. The van der Waals surface area contributed by atoms with Crippen LogP contribution in [-0.4, -0.2) is 13.1 Å². The van der Waals surface area contributed by atoms with Gasteiger partial charge in [0, 0.05) is 9.75 Å². The van der Waals surface area contributed by atoms with E-state index in [1.807, 2.05) is 0 Å². The van der Waals surface area contributed by atoms with Gasteiger partial charge in [0.2, 0.25) is 0 Å². The number of hydrogen-bond acceptors (Lipinski definition) is 3. The molecule has 2 nitrogen and oxygen atoms in total. The van der Waals surface area contributed by atoms with E-state index < -0.39 is 0 Å². The van der Waals surface area contributed by atoms with Crippen molar-refractivity contribution in [2.24, 2.45) is 0 Å². The van der Waals surface area contributed by atoms with E-state index >= 15 is 0 Å². The molecule has 0 unspecified atom stereocenters. The van der Waals surface area contributed by atoms with Gasteiger partial charge in [0.15, 0.2) is 0 Å². The first-order chi connectivity index (χ1) is 6.13. The van der Waals surface area contributed by atoms with Crippen LogP contribution in [0.25, 0.3) is 0 Å². The Labute approximate surface area is 82.5 Å². The van der Waals surface area contributed by atoms with Crippen LogP contribution >= 0.6 is 11.3 Å². The minimum atomic E-state index is -0.134. The van der Waals surface area contributed by atoms with Crippen LogP contribution in [0.1, 0.15) is 21.7 Å². The summed E-state index contributed by atoms with van der Waals surface area (Å²) in [6.45, 7) is 4.16. The Kier molecular flexibility index (Phi) is 3.48. The highest BCUT2D eigenvalue weighted by Crippen LogP contribution is 2.22. The lowest BCUT2D eigenvalue weighted by molar-refractivity contribution is -0.140. The summed E-state index contributed by atoms with van der Waals surface area (Å²) in [7, 11) is 1.43. The molecule has 1 heterocycles. The van der Waals surface area contributed by atoms with Crippen molar-refractivity contribution in [3.05, 3.63) is 21.4 Å². The number of aryl methyl sites for hydroxylation is 3. The van der Waals surface area contributed by atoms with E-state index in [0.717, 1.165) is 6.42 Å². The summed E-state index contributed by atoms with van der Waals surface area (Å²) >= 11 is 1.76. The van der Waals surface area contributed by atoms with Gasteiger partial charge in [-0.1, -0.05) is 0 Å². The molecule has 1 aromatic heterocycles. The van der Waals surface area contributed by atoms with E-state index in [-0.39, 0.29) is 5.97 Å². The van der Waals surface area contributed by atoms with Gasteiger partial charge in [-0.3, -0.25) is 4.79 Å². The van der Waals surface area contributed by atoms with E-state index in [2.05, 4.69) is 24.7 Å². The molecule has 0 saturated carbocycles. The smallest absolute Gasteiger partial charge is 0.305 e. The molecule has 1 aromatic rings. The third-order valence-corrected chi connectivity index (χ3v) is 3.14. The van der Waals surface area contributed by atoms with Gasteiger partial charge in [-0.05, 0) is 31.9 Å². The van der Waals surface area contributed by atoms with Crippen LogP contribution in [0, 0.1) is 13.8 Å². The number of rotatable bonds is 3. The summed E-state index contributed by atoms with van der Waals surface area (Å²) in [5.41, 5.74) is 1.28. The Bertz CT molecular complexity index is 302. The van der Waals surface area contributed by atoms with Crippen LogP contribution in [0.4, 0.5) is 0 Å². The van der Waals surface area contributed by atoms with E-state index in [4.69, 9.17) is 0 Å². The molecule has 0 spiro atoms. The lowest BCUT2D eigenvalue weighted by Gasteiger charge is -1.98. The summed E-state index contributed by atoms with van der Waals surface area (Å²) < 4.78 is 4.58. The van der Waals surface area contributed by atoms with Gasteiger partial charge < -0.3 is 4.74 Å². The molecule has 0 atom stereocenters. The number of methoxy groups -OCH3 is 1. The largest absolute Gasteiger partial charge is 0.469 e. The second kappa shape index (κ2) is 4.42. The molecular weight excluding hydrogens is 184 g/mol. The predicted molar refractivity (Wildman–Crippen MR) is 54.1 cm³/mol. The predicted octanol–water partition coefficient (Wildman–Crippen LogP) is 2.47. The SMILES string of the molecule is COC(=O)CCc1sc(C)cc1C. The molecular formula is C10H14O2S. The molecule has 0 amide bonds. The van der Waals surface area contributed by atoms with Gasteiger partial charge in [-0.25, -0.2) is 0 Å². The van der Waals surface area contributed by atoms with Gasteiger partial charge in [-0.2, -0.15) is 0 Å². The maximum absolute atomic E-state index is 10.9. The summed E-state index contributed by atoms with van der Waals surface area (Å²) in [5, 5.41) is 0. The van der Waals surface area contributed by atoms with Crippen LogP contribution < -0.4 is 0 Å². The zero-order valence-corrected chi connectivity index (χ0v) is 9.03. The summed E-state index contributed by atoms with van der Waals surface area (Å²) in [4.78, 5) is 13.5. The Hall–Kier alpha value is -0.830. The molecule has 0 radical (unpaired) electrons. The van der Waals surface area contributed by atoms with Crippen molar-refractivity contribution in [2.45, 2.75) is 26.7 Å². The third kappa shape index (κ3) is 2.84. The number of carbonyl (C=O) groups excluding carboxylic acids is 1. The third-order valence-electron chi connectivity index (χ3n) is 1.93. The Morgan fingerprint density at radius 3 is 2.69 bits per heavy atom. The highest BCUT2D eigenvalue weighted by Gasteiger charge is 2.06. The number of hydrogen-bond donors (Lipinski definition) is 0. The van der Waals surface area contributed by atoms with E-state index in [9.17, 15) is 4.79 Å². The number of esters is 1. The van der Waals surface area contributed by atoms with Gasteiger partial charge in [0.1, 0.15) is 0 Å². The minimum absolute atomic E-state index is 0.134. The lowest BCUT2D eigenvalue weighted by Crippen LogP contribution is -2.01. The zero-order chi connectivity index (χ0) is 9.84. The van der Waals surface area contributed by atoms with Gasteiger partial charge in [0.25, 0.3) is 0 Å². The fraction of sp³-hybridized carbons (Fsp3) is 0.500. The lowest BCUT2D eigenvalue weighted by atomic mass is 10.2. The van der Waals surface area contributed by atoms with Crippen LogP contribution in [0.5, 0.6) is 0 Å². The Balaban J connectivity index is 2.54.